The second-order valence-electron chi connectivity index (χ2n) is 13.2. The predicted octanol–water partition coefficient (Wildman–Crippen LogP) is 8.67. The van der Waals surface area contributed by atoms with Gasteiger partial charge >= 0.3 is 5.97 Å². The minimum absolute atomic E-state index is 0.0188. The second-order valence-corrected chi connectivity index (χ2v) is 15.4. The number of carbonyl (C=O) groups is 1. The summed E-state index contributed by atoms with van der Waals surface area (Å²) in [4.78, 5) is 25.7. The Hall–Kier alpha value is -3.70. The van der Waals surface area contributed by atoms with Crippen LogP contribution in [0.1, 0.15) is 68.5 Å². The Kier molecular flexibility index (Phi) is 9.75. The van der Waals surface area contributed by atoms with Crippen molar-refractivity contribution in [1.29, 1.82) is 0 Å². The average molecular weight is 676 g/mol. The van der Waals surface area contributed by atoms with E-state index in [1.165, 1.54) is 11.8 Å². The molecule has 1 aliphatic heterocycles. The fourth-order valence-electron chi connectivity index (χ4n) is 6.32. The molecule has 1 aliphatic rings. The first kappa shape index (κ1) is 33.2. The Morgan fingerprint density at radius 1 is 1.21 bits per heavy atom. The molecule has 246 valence electrons. The Balaban J connectivity index is 1.43. The summed E-state index contributed by atoms with van der Waals surface area (Å²) < 4.78 is 33.5. The van der Waals surface area contributed by atoms with E-state index in [9.17, 15) is 9.90 Å². The number of nitrogens with zero attached hydrogens (tertiary/aromatic N) is 4. The molecule has 2 atom stereocenters. The fraction of sp³-hybridized carbons (Fsp3) is 0.389. The maximum atomic E-state index is 16.2. The number of aliphatic carboxylic acids is 1. The van der Waals surface area contributed by atoms with E-state index in [1.807, 2.05) is 36.2 Å². The summed E-state index contributed by atoms with van der Waals surface area (Å²) in [7, 11) is 1.80. The number of carboxylic acid groups (broad SMARTS) is 1. The number of rotatable bonds is 4. The standard InChI is InChI=1S/C36H39F2N5O2S2/c1-21(35(44)45)17-22-7-5-8-25(31(22)38)27-9-6-13-36(2,3)20-46-16-12-26-24-11-15-39-29(24)19-28(37)32(26)47-23-10-14-40-30(18-23)34-41-33(27)42-43(34)4/h5,7-8,10-11,14-15,18-19,21,27,39H,6,9,12-13,16-17,20H2,1-4H3,(H,44,45). The van der Waals surface area contributed by atoms with Gasteiger partial charge in [-0.3, -0.25) is 9.78 Å². The lowest BCUT2D eigenvalue weighted by Gasteiger charge is -2.25. The highest BCUT2D eigenvalue weighted by molar-refractivity contribution is 7.99. The van der Waals surface area contributed by atoms with Crippen molar-refractivity contribution in [2.75, 3.05) is 11.5 Å². The second kappa shape index (κ2) is 13.8. The van der Waals surface area contributed by atoms with Crippen LogP contribution < -0.4 is 0 Å². The van der Waals surface area contributed by atoms with Gasteiger partial charge in [0.25, 0.3) is 0 Å². The number of hydrogen-bond donors (Lipinski definition) is 2. The van der Waals surface area contributed by atoms with Crippen molar-refractivity contribution in [3.8, 4) is 11.5 Å². The summed E-state index contributed by atoms with van der Waals surface area (Å²) in [5.41, 5.74) is 3.25. The smallest absolute Gasteiger partial charge is 0.306 e. The number of aryl methyl sites for hydroxylation is 2. The van der Waals surface area contributed by atoms with Crippen LogP contribution in [-0.2, 0) is 24.7 Å². The van der Waals surface area contributed by atoms with Crippen molar-refractivity contribution in [3.63, 3.8) is 0 Å². The molecular weight excluding hydrogens is 637 g/mol. The van der Waals surface area contributed by atoms with E-state index in [0.29, 0.717) is 39.8 Å². The summed E-state index contributed by atoms with van der Waals surface area (Å²) in [6.07, 6.45) is 6.76. The van der Waals surface area contributed by atoms with Gasteiger partial charge in [-0.25, -0.2) is 18.4 Å². The molecule has 47 heavy (non-hydrogen) atoms. The van der Waals surface area contributed by atoms with E-state index >= 15 is 8.78 Å². The SMILES string of the molecule is CC(Cc1cccc(C2CCCC(C)(C)CSCCc3c(c(F)cc4[nH]ccc34)Sc3ccnc(c3)-c3nc2nn3C)c1F)C(=O)O. The highest BCUT2D eigenvalue weighted by Gasteiger charge is 2.28. The van der Waals surface area contributed by atoms with E-state index in [0.717, 1.165) is 52.1 Å². The molecule has 2 N–H and O–H groups in total. The van der Waals surface area contributed by atoms with Crippen molar-refractivity contribution in [1.82, 2.24) is 24.7 Å². The van der Waals surface area contributed by atoms with Gasteiger partial charge in [-0.1, -0.05) is 57.2 Å². The summed E-state index contributed by atoms with van der Waals surface area (Å²) in [6.45, 7) is 6.10. The first-order valence-electron chi connectivity index (χ1n) is 15.9. The van der Waals surface area contributed by atoms with E-state index in [-0.39, 0.29) is 17.7 Å². The summed E-state index contributed by atoms with van der Waals surface area (Å²) in [5, 5.41) is 15.3. The number of H-pyrrole nitrogens is 1. The molecule has 0 amide bonds. The molecule has 0 aliphatic carbocycles. The third-order valence-electron chi connectivity index (χ3n) is 8.90. The van der Waals surface area contributed by atoms with Gasteiger partial charge in [-0.2, -0.15) is 16.9 Å². The van der Waals surface area contributed by atoms with E-state index < -0.39 is 23.6 Å². The van der Waals surface area contributed by atoms with E-state index in [2.05, 4.69) is 23.8 Å². The molecule has 3 aromatic heterocycles. The maximum Gasteiger partial charge on any atom is 0.306 e. The van der Waals surface area contributed by atoms with Crippen molar-refractivity contribution >= 4 is 40.4 Å². The zero-order chi connectivity index (χ0) is 33.3. The van der Waals surface area contributed by atoms with Gasteiger partial charge in [0.1, 0.15) is 17.3 Å². The van der Waals surface area contributed by atoms with Crippen molar-refractivity contribution in [3.05, 3.63) is 89.0 Å². The van der Waals surface area contributed by atoms with Crippen molar-refractivity contribution in [2.24, 2.45) is 18.4 Å². The quantitative estimate of drug-likeness (QED) is 0.197. The largest absolute Gasteiger partial charge is 0.481 e. The van der Waals surface area contributed by atoms with E-state index in [1.54, 1.807) is 49.1 Å². The van der Waals surface area contributed by atoms with Gasteiger partial charge in [0.15, 0.2) is 11.6 Å². The zero-order valence-corrected chi connectivity index (χ0v) is 28.7. The van der Waals surface area contributed by atoms with Crippen LogP contribution in [0.3, 0.4) is 0 Å². The van der Waals surface area contributed by atoms with Gasteiger partial charge in [0, 0.05) is 41.2 Å². The topological polar surface area (TPSA) is 96.7 Å². The highest BCUT2D eigenvalue weighted by Crippen LogP contribution is 2.40. The zero-order valence-electron chi connectivity index (χ0n) is 27.0. The number of hydrogen-bond acceptors (Lipinski definition) is 6. The lowest BCUT2D eigenvalue weighted by atomic mass is 9.84. The number of pyridine rings is 1. The number of carboxylic acids is 1. The molecular formula is C36H39F2N5O2S2. The number of fused-ring (bicyclic) bond motifs is 8. The Morgan fingerprint density at radius 2 is 2.04 bits per heavy atom. The van der Waals surface area contributed by atoms with Crippen LogP contribution in [0.2, 0.25) is 0 Å². The molecule has 0 fully saturated rings. The predicted molar refractivity (Wildman–Crippen MR) is 184 cm³/mol. The summed E-state index contributed by atoms with van der Waals surface area (Å²) >= 11 is 3.26. The monoisotopic (exact) mass is 675 g/mol. The Morgan fingerprint density at radius 3 is 2.85 bits per heavy atom. The number of benzene rings is 2. The van der Waals surface area contributed by atoms with E-state index in [4.69, 9.17) is 10.1 Å². The molecule has 2 unspecified atom stereocenters. The van der Waals surface area contributed by atoms with Crippen LogP contribution in [0.5, 0.6) is 0 Å². The first-order valence-corrected chi connectivity index (χ1v) is 17.9. The van der Waals surface area contributed by atoms with Crippen LogP contribution in [-0.4, -0.2) is 47.3 Å². The van der Waals surface area contributed by atoms with Crippen molar-refractivity contribution in [2.45, 2.75) is 68.6 Å². The van der Waals surface area contributed by atoms with Gasteiger partial charge in [0.2, 0.25) is 0 Å². The molecule has 0 saturated heterocycles. The Bertz CT molecular complexity index is 1920. The third kappa shape index (κ3) is 7.26. The number of aromatic amines is 1. The number of nitrogens with one attached hydrogen (secondary N) is 1. The normalized spacial score (nSPS) is 17.9. The molecule has 0 spiro atoms. The molecule has 4 heterocycles. The maximum absolute atomic E-state index is 16.2. The summed E-state index contributed by atoms with van der Waals surface area (Å²) in [6, 6.07) is 12.6. The van der Waals surface area contributed by atoms with Crippen LogP contribution in [0, 0.1) is 23.0 Å². The molecule has 0 saturated carbocycles. The van der Waals surface area contributed by atoms with Gasteiger partial charge in [-0.05, 0) is 83.6 Å². The lowest BCUT2D eigenvalue weighted by Crippen LogP contribution is -2.17. The Labute approximate surface area is 282 Å². The minimum atomic E-state index is -0.959. The third-order valence-corrected chi connectivity index (χ3v) is 11.5. The number of thioether (sulfide) groups is 1. The molecule has 0 radical (unpaired) electrons. The molecule has 6 rings (SSSR count). The molecule has 4 bridgehead atoms. The number of aromatic nitrogens is 5. The van der Waals surface area contributed by atoms with Gasteiger partial charge in [-0.15, -0.1) is 0 Å². The van der Waals surface area contributed by atoms with Crippen LogP contribution in [0.4, 0.5) is 8.78 Å². The fourth-order valence-corrected chi connectivity index (χ4v) is 8.54. The van der Waals surface area contributed by atoms with Crippen molar-refractivity contribution < 1.29 is 18.7 Å². The minimum Gasteiger partial charge on any atom is -0.481 e. The molecule has 11 heteroatoms. The van der Waals surface area contributed by atoms with Gasteiger partial charge < -0.3 is 10.1 Å². The average Bonchev–Trinajstić information content (AvgIpc) is 3.66. The first-order chi connectivity index (χ1) is 22.5. The molecule has 7 nitrogen and oxygen atoms in total. The molecule has 2 aromatic carbocycles. The van der Waals surface area contributed by atoms with Gasteiger partial charge in [0.05, 0.1) is 10.8 Å². The molecule has 5 aromatic rings. The highest BCUT2D eigenvalue weighted by atomic mass is 32.2. The van der Waals surface area contributed by atoms with Crippen LogP contribution >= 0.6 is 23.5 Å². The van der Waals surface area contributed by atoms with Crippen LogP contribution in [0.25, 0.3) is 22.4 Å². The summed E-state index contributed by atoms with van der Waals surface area (Å²) in [5.74, 6) is 0.0483. The lowest BCUT2D eigenvalue weighted by molar-refractivity contribution is -0.141. The number of halogens is 2. The van der Waals surface area contributed by atoms with Crippen LogP contribution in [0.15, 0.2) is 64.6 Å².